The number of nitrogens with zero attached hydrogens (tertiary/aromatic N) is 3. The van der Waals surface area contributed by atoms with E-state index in [9.17, 15) is 0 Å². The van der Waals surface area contributed by atoms with Gasteiger partial charge in [0.2, 0.25) is 0 Å². The Labute approximate surface area is 95.7 Å². The van der Waals surface area contributed by atoms with Crippen LogP contribution >= 0.6 is 0 Å². The fourth-order valence-corrected chi connectivity index (χ4v) is 2.52. The van der Waals surface area contributed by atoms with E-state index in [1.165, 1.54) is 36.8 Å². The van der Waals surface area contributed by atoms with Gasteiger partial charge in [0.1, 0.15) is 0 Å². The van der Waals surface area contributed by atoms with Gasteiger partial charge in [-0.1, -0.05) is 18.2 Å². The maximum absolute atomic E-state index is 4.54. The number of likely N-dealkylation sites (tertiary alicyclic amines) is 1. The number of hydrogen-bond donors (Lipinski definition) is 0. The van der Waals surface area contributed by atoms with Crippen molar-refractivity contribution in [3.63, 3.8) is 0 Å². The van der Waals surface area contributed by atoms with Crippen molar-refractivity contribution in [1.29, 1.82) is 0 Å². The number of fused-ring (bicyclic) bond motifs is 1. The summed E-state index contributed by atoms with van der Waals surface area (Å²) in [7, 11) is 2.19. The van der Waals surface area contributed by atoms with Crippen LogP contribution in [-0.4, -0.2) is 34.8 Å². The van der Waals surface area contributed by atoms with Gasteiger partial charge in [-0.15, -0.1) is 0 Å². The zero-order valence-electron chi connectivity index (χ0n) is 9.63. The van der Waals surface area contributed by atoms with E-state index in [0.29, 0.717) is 6.04 Å². The molecule has 0 bridgehead atoms. The predicted molar refractivity (Wildman–Crippen MR) is 65.5 cm³/mol. The van der Waals surface area contributed by atoms with E-state index in [-0.39, 0.29) is 0 Å². The topological polar surface area (TPSA) is 21.1 Å². The molecule has 3 rings (SSSR count). The van der Waals surface area contributed by atoms with Crippen LogP contribution in [0.2, 0.25) is 0 Å². The first-order valence-corrected chi connectivity index (χ1v) is 5.95. The second-order valence-electron chi connectivity index (χ2n) is 4.68. The van der Waals surface area contributed by atoms with E-state index in [1.54, 1.807) is 0 Å². The summed E-state index contributed by atoms with van der Waals surface area (Å²) in [5.74, 6) is 0. The van der Waals surface area contributed by atoms with Crippen molar-refractivity contribution in [3.05, 3.63) is 30.5 Å². The summed E-state index contributed by atoms with van der Waals surface area (Å²) < 4.78 is 2.21. The van der Waals surface area contributed by atoms with Crippen molar-refractivity contribution in [3.8, 4) is 0 Å². The third-order valence-corrected chi connectivity index (χ3v) is 3.54. The molecule has 0 spiro atoms. The SMILES string of the molecule is CN1CCC(n2ncc3ccccc32)CC1. The third kappa shape index (κ3) is 1.61. The molecular formula is C13H17N3. The molecule has 2 heterocycles. The molecule has 0 N–H and O–H groups in total. The molecule has 1 aromatic heterocycles. The van der Waals surface area contributed by atoms with Gasteiger partial charge in [-0.05, 0) is 39.0 Å². The summed E-state index contributed by atoms with van der Waals surface area (Å²) in [4.78, 5) is 2.39. The van der Waals surface area contributed by atoms with E-state index in [4.69, 9.17) is 0 Å². The molecule has 1 fully saturated rings. The molecule has 0 aliphatic carbocycles. The van der Waals surface area contributed by atoms with Crippen molar-refractivity contribution < 1.29 is 0 Å². The van der Waals surface area contributed by atoms with Gasteiger partial charge < -0.3 is 4.90 Å². The van der Waals surface area contributed by atoms with Gasteiger partial charge in [0.25, 0.3) is 0 Å². The highest BCUT2D eigenvalue weighted by atomic mass is 15.3. The van der Waals surface area contributed by atoms with Crippen LogP contribution in [0.1, 0.15) is 18.9 Å². The van der Waals surface area contributed by atoms with Crippen molar-refractivity contribution in [1.82, 2.24) is 14.7 Å². The minimum absolute atomic E-state index is 0.580. The van der Waals surface area contributed by atoms with Crippen LogP contribution in [0.3, 0.4) is 0 Å². The molecule has 3 heteroatoms. The largest absolute Gasteiger partial charge is 0.306 e. The van der Waals surface area contributed by atoms with Gasteiger partial charge in [-0.3, -0.25) is 4.68 Å². The van der Waals surface area contributed by atoms with E-state index < -0.39 is 0 Å². The molecule has 84 valence electrons. The summed E-state index contributed by atoms with van der Waals surface area (Å²) >= 11 is 0. The lowest BCUT2D eigenvalue weighted by molar-refractivity contribution is 0.215. The van der Waals surface area contributed by atoms with Crippen molar-refractivity contribution in [2.45, 2.75) is 18.9 Å². The Bertz CT molecular complexity index is 481. The van der Waals surface area contributed by atoms with Crippen LogP contribution in [0.5, 0.6) is 0 Å². The van der Waals surface area contributed by atoms with Crippen molar-refractivity contribution >= 4 is 10.9 Å². The fourth-order valence-electron chi connectivity index (χ4n) is 2.52. The first kappa shape index (κ1) is 9.85. The van der Waals surface area contributed by atoms with E-state index >= 15 is 0 Å². The zero-order valence-corrected chi connectivity index (χ0v) is 9.63. The quantitative estimate of drug-likeness (QED) is 0.728. The molecule has 16 heavy (non-hydrogen) atoms. The molecule has 2 aromatic rings. The first-order chi connectivity index (χ1) is 7.84. The second-order valence-corrected chi connectivity index (χ2v) is 4.68. The molecule has 3 nitrogen and oxygen atoms in total. The fraction of sp³-hybridized carbons (Fsp3) is 0.462. The van der Waals surface area contributed by atoms with Gasteiger partial charge in [0.15, 0.2) is 0 Å². The van der Waals surface area contributed by atoms with Gasteiger partial charge in [0.05, 0.1) is 17.8 Å². The molecule has 0 atom stereocenters. The lowest BCUT2D eigenvalue weighted by Gasteiger charge is -2.29. The van der Waals surface area contributed by atoms with Crippen LogP contribution in [0, 0.1) is 0 Å². The zero-order chi connectivity index (χ0) is 11.0. The Hall–Kier alpha value is -1.35. The van der Waals surface area contributed by atoms with Crippen LogP contribution < -0.4 is 0 Å². The van der Waals surface area contributed by atoms with Crippen LogP contribution in [0.25, 0.3) is 10.9 Å². The Morgan fingerprint density at radius 1 is 1.19 bits per heavy atom. The molecule has 0 saturated carbocycles. The predicted octanol–water partition coefficient (Wildman–Crippen LogP) is 2.30. The Morgan fingerprint density at radius 3 is 2.75 bits per heavy atom. The lowest BCUT2D eigenvalue weighted by Crippen LogP contribution is -2.31. The minimum Gasteiger partial charge on any atom is -0.306 e. The maximum atomic E-state index is 4.54. The van der Waals surface area contributed by atoms with Crippen LogP contribution in [0.15, 0.2) is 30.5 Å². The number of piperidine rings is 1. The van der Waals surface area contributed by atoms with Gasteiger partial charge >= 0.3 is 0 Å². The summed E-state index contributed by atoms with van der Waals surface area (Å²) in [6.45, 7) is 2.36. The number of para-hydroxylation sites is 1. The molecular weight excluding hydrogens is 198 g/mol. The summed E-state index contributed by atoms with van der Waals surface area (Å²) in [5, 5.41) is 5.79. The average Bonchev–Trinajstić information content (AvgIpc) is 2.74. The van der Waals surface area contributed by atoms with Gasteiger partial charge in [0, 0.05) is 5.39 Å². The molecule has 1 aliphatic heterocycles. The average molecular weight is 215 g/mol. The highest BCUT2D eigenvalue weighted by Gasteiger charge is 2.19. The standard InChI is InChI=1S/C13H17N3/c1-15-8-6-12(7-9-15)16-13-5-3-2-4-11(13)10-14-16/h2-5,10,12H,6-9H2,1H3. The second kappa shape index (κ2) is 3.91. The smallest absolute Gasteiger partial charge is 0.0685 e. The highest BCUT2D eigenvalue weighted by Crippen LogP contribution is 2.25. The molecule has 1 saturated heterocycles. The van der Waals surface area contributed by atoms with Gasteiger partial charge in [-0.2, -0.15) is 5.10 Å². The molecule has 0 amide bonds. The number of benzene rings is 1. The molecule has 0 unspecified atom stereocenters. The van der Waals surface area contributed by atoms with Crippen LogP contribution in [0.4, 0.5) is 0 Å². The first-order valence-electron chi connectivity index (χ1n) is 5.95. The van der Waals surface area contributed by atoms with E-state index in [0.717, 1.165) is 0 Å². The molecule has 0 radical (unpaired) electrons. The molecule has 1 aliphatic rings. The number of hydrogen-bond acceptors (Lipinski definition) is 2. The monoisotopic (exact) mass is 215 g/mol. The minimum atomic E-state index is 0.580. The van der Waals surface area contributed by atoms with E-state index in [1.807, 2.05) is 6.20 Å². The Morgan fingerprint density at radius 2 is 1.94 bits per heavy atom. The number of aromatic nitrogens is 2. The maximum Gasteiger partial charge on any atom is 0.0685 e. The summed E-state index contributed by atoms with van der Waals surface area (Å²) in [6.07, 6.45) is 4.40. The number of rotatable bonds is 1. The third-order valence-electron chi connectivity index (χ3n) is 3.54. The summed E-state index contributed by atoms with van der Waals surface area (Å²) in [5.41, 5.74) is 1.28. The van der Waals surface area contributed by atoms with Crippen molar-refractivity contribution in [2.75, 3.05) is 20.1 Å². The highest BCUT2D eigenvalue weighted by molar-refractivity contribution is 5.78. The lowest BCUT2D eigenvalue weighted by atomic mass is 10.1. The van der Waals surface area contributed by atoms with Gasteiger partial charge in [-0.25, -0.2) is 0 Å². The Kier molecular flexibility index (Phi) is 2.40. The van der Waals surface area contributed by atoms with Crippen LogP contribution in [-0.2, 0) is 0 Å². The van der Waals surface area contributed by atoms with E-state index in [2.05, 4.69) is 46.0 Å². The molecule has 1 aromatic carbocycles. The normalized spacial score (nSPS) is 19.3. The Balaban J connectivity index is 1.94. The van der Waals surface area contributed by atoms with Crippen molar-refractivity contribution in [2.24, 2.45) is 0 Å². The summed E-state index contributed by atoms with van der Waals surface area (Å²) in [6, 6.07) is 9.04.